The largest absolute Gasteiger partial charge is 0.496 e. The van der Waals surface area contributed by atoms with Crippen molar-refractivity contribution < 1.29 is 9.53 Å². The molecular weight excluding hydrogens is 314 g/mol. The van der Waals surface area contributed by atoms with Crippen LogP contribution in [-0.2, 0) is 20.0 Å². The van der Waals surface area contributed by atoms with Crippen LogP contribution in [0.4, 0.5) is 5.69 Å². The number of nitrogens with zero attached hydrogens (tertiary/aromatic N) is 3. The molecule has 2 heterocycles. The molecule has 1 aliphatic rings. The number of methoxy groups -OCH3 is 1. The van der Waals surface area contributed by atoms with Crippen molar-refractivity contribution in [3.05, 3.63) is 77.1 Å². The molecule has 5 heteroatoms. The molecule has 1 aromatic heterocycles. The van der Waals surface area contributed by atoms with Gasteiger partial charge >= 0.3 is 0 Å². The molecular formula is C20H19N3O2. The summed E-state index contributed by atoms with van der Waals surface area (Å²) in [6, 6.07) is 15.4. The number of benzene rings is 2. The Labute approximate surface area is 146 Å². The van der Waals surface area contributed by atoms with Crippen molar-refractivity contribution in [2.24, 2.45) is 7.05 Å². The van der Waals surface area contributed by atoms with Gasteiger partial charge in [0.2, 0.25) is 0 Å². The summed E-state index contributed by atoms with van der Waals surface area (Å²) in [6.45, 7) is 0.497. The van der Waals surface area contributed by atoms with Crippen LogP contribution in [0.15, 0.2) is 54.7 Å². The van der Waals surface area contributed by atoms with Gasteiger partial charge in [0.05, 0.1) is 25.4 Å². The Morgan fingerprint density at radius 3 is 2.68 bits per heavy atom. The number of hydrogen-bond donors (Lipinski definition) is 0. The van der Waals surface area contributed by atoms with Gasteiger partial charge in [0.25, 0.3) is 5.91 Å². The normalized spacial score (nSPS) is 13.0. The van der Waals surface area contributed by atoms with Crippen LogP contribution in [0.1, 0.15) is 27.2 Å². The first kappa shape index (κ1) is 15.4. The van der Waals surface area contributed by atoms with Gasteiger partial charge in [0.15, 0.2) is 0 Å². The number of anilines is 1. The van der Waals surface area contributed by atoms with Crippen molar-refractivity contribution in [2.45, 2.75) is 13.0 Å². The van der Waals surface area contributed by atoms with E-state index in [1.54, 1.807) is 13.2 Å². The first-order valence-electron chi connectivity index (χ1n) is 8.21. The third-order valence-electron chi connectivity index (χ3n) is 4.70. The summed E-state index contributed by atoms with van der Waals surface area (Å²) in [5.74, 6) is 0.516. The number of rotatable bonds is 2. The Kier molecular flexibility index (Phi) is 3.76. The number of ether oxygens (including phenoxy) is 1. The highest BCUT2D eigenvalue weighted by molar-refractivity contribution is 6.08. The van der Waals surface area contributed by atoms with Crippen LogP contribution in [0.25, 0.3) is 0 Å². The predicted octanol–water partition coefficient (Wildman–Crippen LogP) is 3.18. The minimum Gasteiger partial charge on any atom is -0.496 e. The van der Waals surface area contributed by atoms with Crippen molar-refractivity contribution in [3.63, 3.8) is 0 Å². The molecule has 0 saturated heterocycles. The summed E-state index contributed by atoms with van der Waals surface area (Å²) in [5.41, 5.74) is 4.83. The molecule has 1 amide bonds. The van der Waals surface area contributed by atoms with E-state index < -0.39 is 0 Å². The van der Waals surface area contributed by atoms with Gasteiger partial charge in [-0.1, -0.05) is 30.3 Å². The van der Waals surface area contributed by atoms with E-state index in [4.69, 9.17) is 4.74 Å². The van der Waals surface area contributed by atoms with E-state index in [9.17, 15) is 4.79 Å². The molecule has 1 aliphatic heterocycles. The van der Waals surface area contributed by atoms with Gasteiger partial charge < -0.3 is 9.64 Å². The van der Waals surface area contributed by atoms with Gasteiger partial charge in [-0.05, 0) is 23.8 Å². The second-order valence-electron chi connectivity index (χ2n) is 6.14. The lowest BCUT2D eigenvalue weighted by molar-refractivity contribution is 0.0982. The van der Waals surface area contributed by atoms with Gasteiger partial charge in [0, 0.05) is 30.4 Å². The maximum Gasteiger partial charge on any atom is 0.262 e. The summed E-state index contributed by atoms with van der Waals surface area (Å²) in [4.78, 5) is 15.2. The summed E-state index contributed by atoms with van der Waals surface area (Å²) < 4.78 is 7.28. The third kappa shape index (κ3) is 2.58. The van der Waals surface area contributed by atoms with E-state index in [-0.39, 0.29) is 5.91 Å². The highest BCUT2D eigenvalue weighted by Gasteiger charge is 2.27. The number of fused-ring (bicyclic) bond motifs is 2. The lowest BCUT2D eigenvalue weighted by Gasteiger charge is -2.23. The SMILES string of the molecule is COc1ccccc1C(=O)N1Cc2cnn(C)c2Cc2ccccc21. The number of aryl methyl sites for hydroxylation is 1. The van der Waals surface area contributed by atoms with Crippen LogP contribution >= 0.6 is 0 Å². The minimum atomic E-state index is -0.0680. The number of carbonyl (C=O) groups is 1. The lowest BCUT2D eigenvalue weighted by Crippen LogP contribution is -2.30. The van der Waals surface area contributed by atoms with Gasteiger partial charge in [-0.2, -0.15) is 5.10 Å². The van der Waals surface area contributed by atoms with E-state index in [0.29, 0.717) is 17.9 Å². The Hall–Kier alpha value is -3.08. The molecule has 126 valence electrons. The summed E-state index contributed by atoms with van der Waals surface area (Å²) in [6.07, 6.45) is 2.61. The average molecular weight is 333 g/mol. The molecule has 0 radical (unpaired) electrons. The first-order valence-corrected chi connectivity index (χ1v) is 8.21. The predicted molar refractivity (Wildman–Crippen MR) is 96.0 cm³/mol. The molecule has 0 saturated carbocycles. The molecule has 0 unspecified atom stereocenters. The van der Waals surface area contributed by atoms with Gasteiger partial charge in [-0.3, -0.25) is 9.48 Å². The highest BCUT2D eigenvalue weighted by Crippen LogP contribution is 2.32. The van der Waals surface area contributed by atoms with Crippen molar-refractivity contribution in [3.8, 4) is 5.75 Å². The summed E-state index contributed by atoms with van der Waals surface area (Å²) in [7, 11) is 3.53. The van der Waals surface area contributed by atoms with Crippen LogP contribution in [-0.4, -0.2) is 22.8 Å². The van der Waals surface area contributed by atoms with Crippen LogP contribution in [0.2, 0.25) is 0 Å². The number of hydrogen-bond acceptors (Lipinski definition) is 3. The topological polar surface area (TPSA) is 47.4 Å². The molecule has 0 fully saturated rings. The molecule has 25 heavy (non-hydrogen) atoms. The van der Waals surface area contributed by atoms with Crippen LogP contribution in [0.3, 0.4) is 0 Å². The Balaban J connectivity index is 1.84. The Morgan fingerprint density at radius 1 is 1.08 bits per heavy atom. The smallest absolute Gasteiger partial charge is 0.262 e. The zero-order chi connectivity index (χ0) is 17.4. The van der Waals surface area contributed by atoms with E-state index in [0.717, 1.165) is 28.9 Å². The monoisotopic (exact) mass is 333 g/mol. The minimum absolute atomic E-state index is 0.0680. The molecule has 3 aromatic rings. The number of carbonyl (C=O) groups excluding carboxylic acids is 1. The standard InChI is InChI=1S/C20H19N3O2/c1-22-18-11-14-7-3-5-9-17(14)23(13-15(18)12-21-22)20(24)16-8-4-6-10-19(16)25-2/h3-10,12H,11,13H2,1-2H3. The zero-order valence-corrected chi connectivity index (χ0v) is 14.3. The fraction of sp³-hybridized carbons (Fsp3) is 0.200. The maximum absolute atomic E-state index is 13.3. The summed E-state index contributed by atoms with van der Waals surface area (Å²) >= 11 is 0. The average Bonchev–Trinajstić information content (AvgIpc) is 2.90. The van der Waals surface area contributed by atoms with E-state index >= 15 is 0 Å². The van der Waals surface area contributed by atoms with Crippen LogP contribution < -0.4 is 9.64 Å². The van der Waals surface area contributed by atoms with Gasteiger partial charge in [-0.15, -0.1) is 0 Å². The van der Waals surface area contributed by atoms with Crippen molar-refractivity contribution in [1.29, 1.82) is 0 Å². The van der Waals surface area contributed by atoms with E-state index in [2.05, 4.69) is 11.2 Å². The van der Waals surface area contributed by atoms with Crippen LogP contribution in [0.5, 0.6) is 5.75 Å². The molecule has 0 N–H and O–H groups in total. The highest BCUT2D eigenvalue weighted by atomic mass is 16.5. The number of para-hydroxylation sites is 2. The fourth-order valence-electron chi connectivity index (χ4n) is 3.38. The van der Waals surface area contributed by atoms with Gasteiger partial charge in [-0.25, -0.2) is 0 Å². The zero-order valence-electron chi connectivity index (χ0n) is 14.3. The second-order valence-corrected chi connectivity index (χ2v) is 6.14. The number of aromatic nitrogens is 2. The molecule has 0 aliphatic carbocycles. The second kappa shape index (κ2) is 6.09. The molecule has 0 spiro atoms. The number of amides is 1. The molecule has 2 aromatic carbocycles. The van der Waals surface area contributed by atoms with E-state index in [1.165, 1.54) is 0 Å². The fourth-order valence-corrected chi connectivity index (χ4v) is 3.38. The Bertz CT molecular complexity index is 946. The third-order valence-corrected chi connectivity index (χ3v) is 4.70. The quantitative estimate of drug-likeness (QED) is 0.724. The summed E-state index contributed by atoms with van der Waals surface area (Å²) in [5, 5.41) is 4.37. The van der Waals surface area contributed by atoms with Crippen LogP contribution in [0, 0.1) is 0 Å². The van der Waals surface area contributed by atoms with Crippen molar-refractivity contribution in [2.75, 3.05) is 12.0 Å². The lowest BCUT2D eigenvalue weighted by atomic mass is 10.1. The Morgan fingerprint density at radius 2 is 1.84 bits per heavy atom. The van der Waals surface area contributed by atoms with Crippen molar-refractivity contribution in [1.82, 2.24) is 9.78 Å². The van der Waals surface area contributed by atoms with E-state index in [1.807, 2.05) is 59.2 Å². The molecule has 5 nitrogen and oxygen atoms in total. The molecule has 0 atom stereocenters. The maximum atomic E-state index is 13.3. The molecule has 0 bridgehead atoms. The van der Waals surface area contributed by atoms with Gasteiger partial charge in [0.1, 0.15) is 5.75 Å². The molecule has 4 rings (SSSR count). The first-order chi connectivity index (χ1) is 12.2. The van der Waals surface area contributed by atoms with Crippen molar-refractivity contribution >= 4 is 11.6 Å².